The SMILES string of the molecule is O=C/C=C\C(=O)NCCCC(=O)O. The summed E-state index contributed by atoms with van der Waals surface area (Å²) in [6, 6.07) is 0. The minimum absolute atomic E-state index is 0.0255. The summed E-state index contributed by atoms with van der Waals surface area (Å²) in [5.41, 5.74) is 0. The van der Waals surface area contributed by atoms with Gasteiger partial charge in [-0.3, -0.25) is 14.4 Å². The van der Waals surface area contributed by atoms with E-state index in [9.17, 15) is 14.4 Å². The third kappa shape index (κ3) is 8.25. The van der Waals surface area contributed by atoms with Crippen molar-refractivity contribution in [2.45, 2.75) is 12.8 Å². The molecule has 0 fully saturated rings. The topological polar surface area (TPSA) is 83.5 Å². The molecule has 5 nitrogen and oxygen atoms in total. The van der Waals surface area contributed by atoms with E-state index in [2.05, 4.69) is 5.32 Å². The molecule has 0 aliphatic heterocycles. The Morgan fingerprint density at radius 1 is 1.38 bits per heavy atom. The van der Waals surface area contributed by atoms with Gasteiger partial charge in [0.05, 0.1) is 0 Å². The van der Waals surface area contributed by atoms with Crippen LogP contribution in [0.25, 0.3) is 0 Å². The molecule has 0 aromatic rings. The predicted molar refractivity (Wildman–Crippen MR) is 45.1 cm³/mol. The van der Waals surface area contributed by atoms with Crippen LogP contribution in [0.1, 0.15) is 12.8 Å². The van der Waals surface area contributed by atoms with Crippen molar-refractivity contribution in [1.82, 2.24) is 5.32 Å². The highest BCUT2D eigenvalue weighted by molar-refractivity contribution is 5.90. The maximum absolute atomic E-state index is 10.7. The highest BCUT2D eigenvalue weighted by Crippen LogP contribution is 1.85. The van der Waals surface area contributed by atoms with Gasteiger partial charge < -0.3 is 10.4 Å². The van der Waals surface area contributed by atoms with E-state index in [1.807, 2.05) is 0 Å². The summed E-state index contributed by atoms with van der Waals surface area (Å²) in [6.45, 7) is 0.300. The number of carbonyl (C=O) groups is 3. The molecule has 13 heavy (non-hydrogen) atoms. The van der Waals surface area contributed by atoms with E-state index in [-0.39, 0.29) is 6.42 Å². The number of carboxylic acid groups (broad SMARTS) is 1. The van der Waals surface area contributed by atoms with Crippen molar-refractivity contribution >= 4 is 18.2 Å². The van der Waals surface area contributed by atoms with E-state index in [1.54, 1.807) is 0 Å². The number of amides is 1. The molecule has 72 valence electrons. The van der Waals surface area contributed by atoms with Gasteiger partial charge in [0, 0.05) is 19.0 Å². The Kier molecular flexibility index (Phi) is 6.13. The predicted octanol–water partition coefficient (Wildman–Crippen LogP) is -0.278. The van der Waals surface area contributed by atoms with Crippen LogP contribution in [0.3, 0.4) is 0 Å². The number of hydrogen-bond donors (Lipinski definition) is 2. The van der Waals surface area contributed by atoms with Crippen LogP contribution >= 0.6 is 0 Å². The summed E-state index contributed by atoms with van der Waals surface area (Å²) in [5, 5.41) is 10.7. The molecule has 0 saturated carbocycles. The second-order valence-corrected chi connectivity index (χ2v) is 2.28. The van der Waals surface area contributed by atoms with Crippen molar-refractivity contribution in [3.05, 3.63) is 12.2 Å². The minimum Gasteiger partial charge on any atom is -0.481 e. The average Bonchev–Trinajstić information content (AvgIpc) is 2.08. The first-order valence-electron chi connectivity index (χ1n) is 3.78. The zero-order chi connectivity index (χ0) is 10.1. The zero-order valence-corrected chi connectivity index (χ0v) is 7.03. The lowest BCUT2D eigenvalue weighted by Gasteiger charge is -1.98. The third-order valence-corrected chi connectivity index (χ3v) is 1.19. The molecule has 0 spiro atoms. The first-order chi connectivity index (χ1) is 6.16. The quantitative estimate of drug-likeness (QED) is 0.339. The number of carboxylic acids is 1. The Morgan fingerprint density at radius 3 is 2.62 bits per heavy atom. The van der Waals surface area contributed by atoms with E-state index in [4.69, 9.17) is 5.11 Å². The van der Waals surface area contributed by atoms with Gasteiger partial charge in [0.2, 0.25) is 5.91 Å². The average molecular weight is 185 g/mol. The van der Waals surface area contributed by atoms with Crippen molar-refractivity contribution in [2.24, 2.45) is 0 Å². The number of carbonyl (C=O) groups excluding carboxylic acids is 2. The summed E-state index contributed by atoms with van der Waals surface area (Å²) in [7, 11) is 0. The van der Waals surface area contributed by atoms with Crippen LogP contribution in [0.15, 0.2) is 12.2 Å². The van der Waals surface area contributed by atoms with E-state index in [0.29, 0.717) is 19.3 Å². The standard InChI is InChI=1S/C8H11NO4/c10-6-2-3-7(11)9-5-1-4-8(12)13/h2-3,6H,1,4-5H2,(H,9,11)(H,12,13)/b3-2-. The van der Waals surface area contributed by atoms with Crippen LogP contribution in [-0.2, 0) is 14.4 Å². The number of allylic oxidation sites excluding steroid dienone is 1. The molecule has 0 radical (unpaired) electrons. The fourth-order valence-electron chi connectivity index (χ4n) is 0.637. The molecule has 5 heteroatoms. The van der Waals surface area contributed by atoms with Gasteiger partial charge in [-0.1, -0.05) is 0 Å². The second-order valence-electron chi connectivity index (χ2n) is 2.28. The Balaban J connectivity index is 3.42. The van der Waals surface area contributed by atoms with Crippen LogP contribution in [-0.4, -0.2) is 29.8 Å². The molecule has 0 aromatic heterocycles. The van der Waals surface area contributed by atoms with E-state index in [1.165, 1.54) is 0 Å². The van der Waals surface area contributed by atoms with Crippen molar-refractivity contribution in [3.8, 4) is 0 Å². The highest BCUT2D eigenvalue weighted by atomic mass is 16.4. The maximum Gasteiger partial charge on any atom is 0.303 e. The molecule has 0 aromatic carbocycles. The van der Waals surface area contributed by atoms with E-state index in [0.717, 1.165) is 12.2 Å². The van der Waals surface area contributed by atoms with Crippen molar-refractivity contribution in [2.75, 3.05) is 6.54 Å². The molecule has 0 saturated heterocycles. The zero-order valence-electron chi connectivity index (χ0n) is 7.03. The van der Waals surface area contributed by atoms with Gasteiger partial charge in [0.25, 0.3) is 0 Å². The van der Waals surface area contributed by atoms with Gasteiger partial charge in [0.15, 0.2) is 0 Å². The fraction of sp³-hybridized carbons (Fsp3) is 0.375. The van der Waals surface area contributed by atoms with Gasteiger partial charge in [-0.05, 0) is 12.5 Å². The lowest BCUT2D eigenvalue weighted by molar-refractivity contribution is -0.137. The smallest absolute Gasteiger partial charge is 0.303 e. The largest absolute Gasteiger partial charge is 0.481 e. The Labute approximate surface area is 75.4 Å². The molecule has 0 aliphatic rings. The van der Waals surface area contributed by atoms with Crippen LogP contribution in [0, 0.1) is 0 Å². The first-order valence-corrected chi connectivity index (χ1v) is 3.78. The number of rotatable bonds is 6. The Hall–Kier alpha value is -1.65. The fourth-order valence-corrected chi connectivity index (χ4v) is 0.637. The van der Waals surface area contributed by atoms with Gasteiger partial charge in [0.1, 0.15) is 6.29 Å². The molecule has 0 heterocycles. The lowest BCUT2D eigenvalue weighted by atomic mass is 10.3. The van der Waals surface area contributed by atoms with Crippen LogP contribution in [0.5, 0.6) is 0 Å². The Morgan fingerprint density at radius 2 is 2.08 bits per heavy atom. The normalized spacial score (nSPS) is 9.85. The van der Waals surface area contributed by atoms with Crippen molar-refractivity contribution < 1.29 is 19.5 Å². The van der Waals surface area contributed by atoms with Crippen molar-refractivity contribution in [3.63, 3.8) is 0 Å². The van der Waals surface area contributed by atoms with Crippen molar-refractivity contribution in [1.29, 1.82) is 0 Å². The molecule has 0 unspecified atom stereocenters. The summed E-state index contributed by atoms with van der Waals surface area (Å²) in [6.07, 6.45) is 3.07. The summed E-state index contributed by atoms with van der Waals surface area (Å²) >= 11 is 0. The van der Waals surface area contributed by atoms with Gasteiger partial charge in [-0.15, -0.1) is 0 Å². The van der Waals surface area contributed by atoms with Crippen LogP contribution < -0.4 is 5.32 Å². The third-order valence-electron chi connectivity index (χ3n) is 1.19. The second kappa shape index (κ2) is 7.02. The molecular weight excluding hydrogens is 174 g/mol. The Bertz CT molecular complexity index is 222. The molecule has 0 bridgehead atoms. The number of aldehydes is 1. The lowest BCUT2D eigenvalue weighted by Crippen LogP contribution is -2.22. The minimum atomic E-state index is -0.891. The molecule has 2 N–H and O–H groups in total. The van der Waals surface area contributed by atoms with E-state index < -0.39 is 11.9 Å². The van der Waals surface area contributed by atoms with Gasteiger partial charge in [-0.2, -0.15) is 0 Å². The highest BCUT2D eigenvalue weighted by Gasteiger charge is 1.97. The molecule has 1 amide bonds. The van der Waals surface area contributed by atoms with Crippen LogP contribution in [0.4, 0.5) is 0 Å². The van der Waals surface area contributed by atoms with Crippen LogP contribution in [0.2, 0.25) is 0 Å². The van der Waals surface area contributed by atoms with Gasteiger partial charge in [-0.25, -0.2) is 0 Å². The number of aliphatic carboxylic acids is 1. The molecular formula is C8H11NO4. The van der Waals surface area contributed by atoms with Gasteiger partial charge >= 0.3 is 5.97 Å². The maximum atomic E-state index is 10.7. The summed E-state index contributed by atoms with van der Waals surface area (Å²) in [4.78, 5) is 30.6. The van der Waals surface area contributed by atoms with E-state index >= 15 is 0 Å². The molecule has 0 aliphatic carbocycles. The first kappa shape index (κ1) is 11.4. The monoisotopic (exact) mass is 185 g/mol. The molecule has 0 rings (SSSR count). The molecule has 0 atom stereocenters. The summed E-state index contributed by atoms with van der Waals surface area (Å²) in [5.74, 6) is -1.28. The number of nitrogens with one attached hydrogen (secondary N) is 1. The number of hydrogen-bond acceptors (Lipinski definition) is 3. The summed E-state index contributed by atoms with van der Waals surface area (Å²) < 4.78 is 0.